The Hall–Kier alpha value is -1.13. The number of aliphatic hydroxyl groups excluding tert-OH is 1. The van der Waals surface area contributed by atoms with Crippen molar-refractivity contribution in [2.45, 2.75) is 19.1 Å². The summed E-state index contributed by atoms with van der Waals surface area (Å²) in [4.78, 5) is 13.1. The first kappa shape index (κ1) is 8.96. The number of aromatic nitrogens is 1. The van der Waals surface area contributed by atoms with E-state index in [0.717, 1.165) is 5.56 Å². The van der Waals surface area contributed by atoms with Gasteiger partial charge >= 0.3 is 0 Å². The Morgan fingerprint density at radius 1 is 1.58 bits per heavy atom. The Balaban J connectivity index is 2.89. The van der Waals surface area contributed by atoms with Crippen LogP contribution in [-0.4, -0.2) is 16.2 Å². The van der Waals surface area contributed by atoms with Crippen LogP contribution >= 0.6 is 0 Å². The molecule has 0 unspecified atom stereocenters. The molecule has 1 heterocycles. The molecule has 0 bridgehead atoms. The van der Waals surface area contributed by atoms with E-state index in [9.17, 15) is 4.79 Å². The summed E-state index contributed by atoms with van der Waals surface area (Å²) in [5, 5.41) is 9.13. The van der Waals surface area contributed by atoms with Gasteiger partial charge in [0.25, 0.3) is 0 Å². The molecule has 12 heavy (non-hydrogen) atoms. The Bertz CT molecular complexity index is 286. The van der Waals surface area contributed by atoms with Gasteiger partial charge in [-0.1, -0.05) is 6.07 Å². The first-order valence-electron chi connectivity index (χ1n) is 3.73. The minimum atomic E-state index is -0.615. The maximum atomic E-state index is 10.7. The van der Waals surface area contributed by atoms with Gasteiger partial charge in [0, 0.05) is 12.3 Å². The van der Waals surface area contributed by atoms with Crippen molar-refractivity contribution in [2.24, 2.45) is 5.73 Å². The van der Waals surface area contributed by atoms with Gasteiger partial charge in [-0.25, -0.2) is 0 Å². The smallest absolute Gasteiger partial charge is 0.247 e. The highest BCUT2D eigenvalue weighted by Gasteiger charge is 2.10. The van der Waals surface area contributed by atoms with Crippen LogP contribution in [0.25, 0.3) is 0 Å². The van der Waals surface area contributed by atoms with Gasteiger partial charge in [-0.05, 0) is 12.5 Å². The van der Waals surface area contributed by atoms with Crippen molar-refractivity contribution in [1.29, 1.82) is 0 Å². The largest absolute Gasteiger partial charge is 0.391 e. The predicted molar refractivity (Wildman–Crippen MR) is 45.7 cm³/mol. The first-order chi connectivity index (χ1) is 5.61. The summed E-state index contributed by atoms with van der Waals surface area (Å²) in [7, 11) is 0. The minimum Gasteiger partial charge on any atom is -0.391 e. The fraction of sp³-hybridized carbons (Fsp3) is 0.375. The van der Waals surface area contributed by atoms with Gasteiger partial charge in [-0.15, -0.1) is 0 Å². The molecule has 1 aromatic heterocycles. The Labute approximate surface area is 70.0 Å². The van der Waals surface area contributed by atoms with E-state index in [-0.39, 0.29) is 5.56 Å². The highest BCUT2D eigenvalue weighted by Crippen LogP contribution is 2.10. The van der Waals surface area contributed by atoms with Gasteiger partial charge in [0.2, 0.25) is 5.56 Å². The zero-order valence-electron chi connectivity index (χ0n) is 6.82. The molecule has 0 radical (unpaired) electrons. The fourth-order valence-corrected chi connectivity index (χ4v) is 0.908. The predicted octanol–water partition coefficient (Wildman–Crippen LogP) is -0.245. The van der Waals surface area contributed by atoms with E-state index in [4.69, 9.17) is 10.8 Å². The third kappa shape index (κ3) is 1.93. The van der Waals surface area contributed by atoms with E-state index in [0.29, 0.717) is 0 Å². The normalized spacial score (nSPS) is 15.6. The standard InChI is InChI=1S/C8H12N2O2/c1-5(11)8(9)6-2-3-7(12)10-4-6/h2-5,8,11H,9H2,1H3,(H,10,12)/t5-,8-/m0/s1. The van der Waals surface area contributed by atoms with Crippen molar-refractivity contribution in [3.05, 3.63) is 34.2 Å². The lowest BCUT2D eigenvalue weighted by atomic mass is 10.1. The molecule has 66 valence electrons. The molecule has 2 atom stereocenters. The molecular weight excluding hydrogens is 156 g/mol. The molecule has 0 spiro atoms. The number of H-pyrrole nitrogens is 1. The van der Waals surface area contributed by atoms with E-state index in [1.54, 1.807) is 13.0 Å². The van der Waals surface area contributed by atoms with E-state index < -0.39 is 12.1 Å². The summed E-state index contributed by atoms with van der Waals surface area (Å²) < 4.78 is 0. The Morgan fingerprint density at radius 2 is 2.25 bits per heavy atom. The summed E-state index contributed by atoms with van der Waals surface area (Å²) in [6.45, 7) is 1.61. The highest BCUT2D eigenvalue weighted by atomic mass is 16.3. The molecule has 4 N–H and O–H groups in total. The van der Waals surface area contributed by atoms with Crippen molar-refractivity contribution < 1.29 is 5.11 Å². The second-order valence-corrected chi connectivity index (χ2v) is 2.75. The minimum absolute atomic E-state index is 0.170. The molecule has 0 aliphatic heterocycles. The number of aromatic amines is 1. The lowest BCUT2D eigenvalue weighted by Gasteiger charge is -2.13. The number of hydrogen-bond donors (Lipinski definition) is 3. The molecule has 0 aromatic carbocycles. The van der Waals surface area contributed by atoms with Crippen LogP contribution in [0.1, 0.15) is 18.5 Å². The van der Waals surface area contributed by atoms with Crippen molar-refractivity contribution >= 4 is 0 Å². The number of nitrogens with two attached hydrogens (primary N) is 1. The summed E-state index contributed by atoms with van der Waals surface area (Å²) in [5.41, 5.74) is 6.17. The summed E-state index contributed by atoms with van der Waals surface area (Å²) >= 11 is 0. The van der Waals surface area contributed by atoms with Crippen LogP contribution in [0, 0.1) is 0 Å². The van der Waals surface area contributed by atoms with Crippen LogP contribution in [0.3, 0.4) is 0 Å². The molecule has 0 saturated heterocycles. The second kappa shape index (κ2) is 3.51. The molecule has 1 rings (SSSR count). The molecule has 0 amide bonds. The van der Waals surface area contributed by atoms with Gasteiger partial charge < -0.3 is 15.8 Å². The number of rotatable bonds is 2. The molecule has 0 aliphatic carbocycles. The van der Waals surface area contributed by atoms with E-state index in [2.05, 4.69) is 4.98 Å². The van der Waals surface area contributed by atoms with Crippen LogP contribution < -0.4 is 11.3 Å². The summed E-state index contributed by atoms with van der Waals surface area (Å²) in [6, 6.07) is 2.55. The van der Waals surface area contributed by atoms with Crippen LogP contribution in [0.5, 0.6) is 0 Å². The zero-order valence-corrected chi connectivity index (χ0v) is 6.82. The molecular formula is C8H12N2O2. The first-order valence-corrected chi connectivity index (χ1v) is 3.73. The van der Waals surface area contributed by atoms with Crippen LogP contribution in [-0.2, 0) is 0 Å². The molecule has 0 saturated carbocycles. The maximum absolute atomic E-state index is 10.7. The number of aliphatic hydroxyl groups is 1. The van der Waals surface area contributed by atoms with Crippen molar-refractivity contribution in [2.75, 3.05) is 0 Å². The third-order valence-corrected chi connectivity index (χ3v) is 1.71. The van der Waals surface area contributed by atoms with Crippen molar-refractivity contribution in [3.63, 3.8) is 0 Å². The molecule has 0 fully saturated rings. The van der Waals surface area contributed by atoms with E-state index >= 15 is 0 Å². The monoisotopic (exact) mass is 168 g/mol. The average Bonchev–Trinajstić information content (AvgIpc) is 2.04. The fourth-order valence-electron chi connectivity index (χ4n) is 0.908. The van der Waals surface area contributed by atoms with Crippen LogP contribution in [0.2, 0.25) is 0 Å². The summed E-state index contributed by atoms with van der Waals surface area (Å²) in [5.74, 6) is 0. The maximum Gasteiger partial charge on any atom is 0.247 e. The van der Waals surface area contributed by atoms with Gasteiger partial charge in [-0.3, -0.25) is 4.79 Å². The molecule has 1 aromatic rings. The molecule has 4 heteroatoms. The lowest BCUT2D eigenvalue weighted by Crippen LogP contribution is -2.24. The van der Waals surface area contributed by atoms with Gasteiger partial charge in [0.15, 0.2) is 0 Å². The number of hydrogen-bond acceptors (Lipinski definition) is 3. The SMILES string of the molecule is C[C@H](O)[C@H](N)c1ccc(=O)[nH]c1. The number of pyridine rings is 1. The average molecular weight is 168 g/mol. The number of nitrogens with one attached hydrogen (secondary N) is 1. The van der Waals surface area contributed by atoms with Crippen LogP contribution in [0.4, 0.5) is 0 Å². The summed E-state index contributed by atoms with van der Waals surface area (Å²) in [6.07, 6.45) is 0.899. The van der Waals surface area contributed by atoms with Crippen LogP contribution in [0.15, 0.2) is 23.1 Å². The van der Waals surface area contributed by atoms with Gasteiger partial charge in [-0.2, -0.15) is 0 Å². The lowest BCUT2D eigenvalue weighted by molar-refractivity contribution is 0.164. The molecule has 4 nitrogen and oxygen atoms in total. The van der Waals surface area contributed by atoms with E-state index in [1.807, 2.05) is 0 Å². The zero-order chi connectivity index (χ0) is 9.14. The van der Waals surface area contributed by atoms with E-state index in [1.165, 1.54) is 12.3 Å². The van der Waals surface area contributed by atoms with Crippen molar-refractivity contribution in [3.8, 4) is 0 Å². The third-order valence-electron chi connectivity index (χ3n) is 1.71. The van der Waals surface area contributed by atoms with Crippen molar-refractivity contribution in [1.82, 2.24) is 4.98 Å². The van der Waals surface area contributed by atoms with Gasteiger partial charge in [0.1, 0.15) is 0 Å². The Morgan fingerprint density at radius 3 is 2.67 bits per heavy atom. The quantitative estimate of drug-likeness (QED) is 0.570. The highest BCUT2D eigenvalue weighted by molar-refractivity contribution is 5.14. The van der Waals surface area contributed by atoms with Gasteiger partial charge in [0.05, 0.1) is 12.1 Å². The Kier molecular flexibility index (Phi) is 2.62. The molecule has 0 aliphatic rings. The topological polar surface area (TPSA) is 79.1 Å². The second-order valence-electron chi connectivity index (χ2n) is 2.75.